The van der Waals surface area contributed by atoms with Gasteiger partial charge in [-0.3, -0.25) is 0 Å². The van der Waals surface area contributed by atoms with Gasteiger partial charge in [0, 0.05) is 25.6 Å². The Hall–Kier alpha value is -0.870. The summed E-state index contributed by atoms with van der Waals surface area (Å²) in [5, 5.41) is 3.91. The highest BCUT2D eigenvalue weighted by atomic mass is 35.5. The second-order valence-corrected chi connectivity index (χ2v) is 4.74. The van der Waals surface area contributed by atoms with Crippen LogP contribution in [-0.4, -0.2) is 29.2 Å². The van der Waals surface area contributed by atoms with Crippen LogP contribution in [0.2, 0.25) is 5.15 Å². The van der Waals surface area contributed by atoms with Crippen LogP contribution in [0.3, 0.4) is 0 Å². The Balaban J connectivity index is 2.01. The molecule has 0 aromatic carbocycles. The normalized spacial score (nSPS) is 23.9. The van der Waals surface area contributed by atoms with Gasteiger partial charge in [0.1, 0.15) is 16.8 Å². The van der Waals surface area contributed by atoms with Gasteiger partial charge in [-0.1, -0.05) is 18.5 Å². The molecule has 0 radical (unpaired) electrons. The Morgan fingerprint density at radius 1 is 1.47 bits per heavy atom. The quantitative estimate of drug-likeness (QED) is 0.841. The van der Waals surface area contributed by atoms with E-state index in [1.165, 1.54) is 0 Å². The second-order valence-electron chi connectivity index (χ2n) is 4.36. The number of nitrogens with one attached hydrogen (secondary N) is 1. The van der Waals surface area contributed by atoms with E-state index in [1.54, 1.807) is 13.2 Å². The van der Waals surface area contributed by atoms with Gasteiger partial charge in [0.2, 0.25) is 0 Å². The Labute approximate surface area is 107 Å². The summed E-state index contributed by atoms with van der Waals surface area (Å²) in [6.07, 6.45) is 4.41. The van der Waals surface area contributed by atoms with Crippen LogP contribution in [-0.2, 0) is 11.2 Å². The third-order valence-corrected chi connectivity index (χ3v) is 3.32. The molecule has 1 heterocycles. The third kappa shape index (κ3) is 3.30. The summed E-state index contributed by atoms with van der Waals surface area (Å²) in [6.45, 7) is 2.02. The van der Waals surface area contributed by atoms with Crippen LogP contribution in [0.15, 0.2) is 6.07 Å². The molecule has 17 heavy (non-hydrogen) atoms. The molecule has 0 spiro atoms. The van der Waals surface area contributed by atoms with Crippen LogP contribution in [0.1, 0.15) is 32.0 Å². The van der Waals surface area contributed by atoms with E-state index in [1.807, 2.05) is 6.92 Å². The molecule has 1 aliphatic rings. The van der Waals surface area contributed by atoms with E-state index in [-0.39, 0.29) is 0 Å². The maximum atomic E-state index is 5.95. The first-order chi connectivity index (χ1) is 8.21. The van der Waals surface area contributed by atoms with Gasteiger partial charge in [0.15, 0.2) is 0 Å². The summed E-state index contributed by atoms with van der Waals surface area (Å²) >= 11 is 5.95. The van der Waals surface area contributed by atoms with Crippen LogP contribution < -0.4 is 5.32 Å². The molecule has 5 heteroatoms. The Kier molecular flexibility index (Phi) is 4.18. The molecule has 1 aromatic heterocycles. The summed E-state index contributed by atoms with van der Waals surface area (Å²) in [5.41, 5.74) is 0. The minimum atomic E-state index is 0.371. The maximum absolute atomic E-state index is 5.95. The molecule has 1 aromatic rings. The molecular formula is C12H18ClN3O. The largest absolute Gasteiger partial charge is 0.381 e. The number of anilines is 1. The fraction of sp³-hybridized carbons (Fsp3) is 0.667. The number of halogens is 1. The zero-order valence-corrected chi connectivity index (χ0v) is 11.0. The lowest BCUT2D eigenvalue weighted by Gasteiger charge is -2.14. The summed E-state index contributed by atoms with van der Waals surface area (Å²) in [7, 11) is 1.77. The van der Waals surface area contributed by atoms with E-state index in [2.05, 4.69) is 15.3 Å². The lowest BCUT2D eigenvalue weighted by molar-refractivity contribution is 0.108. The van der Waals surface area contributed by atoms with Crippen molar-refractivity contribution < 1.29 is 4.74 Å². The van der Waals surface area contributed by atoms with Crippen LogP contribution in [0, 0.1) is 0 Å². The predicted octanol–water partition coefficient (Wildman–Crippen LogP) is 2.67. The van der Waals surface area contributed by atoms with Crippen molar-refractivity contribution in [1.82, 2.24) is 9.97 Å². The first-order valence-electron chi connectivity index (χ1n) is 6.04. The average Bonchev–Trinajstić information content (AvgIpc) is 2.76. The summed E-state index contributed by atoms with van der Waals surface area (Å²) in [6, 6.07) is 2.21. The topological polar surface area (TPSA) is 47.0 Å². The molecule has 4 nitrogen and oxygen atoms in total. The smallest absolute Gasteiger partial charge is 0.134 e. The van der Waals surface area contributed by atoms with Gasteiger partial charge in [0.25, 0.3) is 0 Å². The fourth-order valence-corrected chi connectivity index (χ4v) is 2.39. The zero-order chi connectivity index (χ0) is 12.3. The molecule has 1 fully saturated rings. The maximum Gasteiger partial charge on any atom is 0.134 e. The highest BCUT2D eigenvalue weighted by Gasteiger charge is 2.24. The zero-order valence-electron chi connectivity index (χ0n) is 10.2. The van der Waals surface area contributed by atoms with Crippen molar-refractivity contribution in [2.45, 2.75) is 44.8 Å². The standard InChI is InChI=1S/C12H18ClN3O/c1-3-11-15-10(13)7-12(16-11)14-8-4-5-9(6-8)17-2/h7-9H,3-6H2,1-2H3,(H,14,15,16). The Bertz CT molecular complexity index is 386. The van der Waals surface area contributed by atoms with Gasteiger partial charge in [0.05, 0.1) is 6.10 Å². The highest BCUT2D eigenvalue weighted by Crippen LogP contribution is 2.24. The van der Waals surface area contributed by atoms with Crippen LogP contribution >= 0.6 is 11.6 Å². The molecule has 2 unspecified atom stereocenters. The minimum Gasteiger partial charge on any atom is -0.381 e. The molecule has 0 saturated heterocycles. The van der Waals surface area contributed by atoms with Gasteiger partial charge >= 0.3 is 0 Å². The van der Waals surface area contributed by atoms with E-state index < -0.39 is 0 Å². The number of rotatable bonds is 4. The minimum absolute atomic E-state index is 0.371. The summed E-state index contributed by atoms with van der Waals surface area (Å²) in [5.74, 6) is 1.60. The number of methoxy groups -OCH3 is 1. The molecule has 1 aliphatic carbocycles. The van der Waals surface area contributed by atoms with E-state index in [0.29, 0.717) is 17.3 Å². The van der Waals surface area contributed by atoms with Gasteiger partial charge in [-0.25, -0.2) is 9.97 Å². The summed E-state index contributed by atoms with van der Waals surface area (Å²) in [4.78, 5) is 8.57. The first-order valence-corrected chi connectivity index (χ1v) is 6.42. The van der Waals surface area contributed by atoms with Gasteiger partial charge in [-0.05, 0) is 19.3 Å². The first kappa shape index (κ1) is 12.6. The SMILES string of the molecule is CCc1nc(Cl)cc(NC2CCC(OC)C2)n1. The lowest BCUT2D eigenvalue weighted by atomic mass is 10.2. The van der Waals surface area contributed by atoms with Crippen molar-refractivity contribution >= 4 is 17.4 Å². The van der Waals surface area contributed by atoms with Crippen molar-refractivity contribution in [3.05, 3.63) is 17.0 Å². The lowest BCUT2D eigenvalue weighted by Crippen LogP contribution is -2.18. The molecule has 2 rings (SSSR count). The molecule has 1 N–H and O–H groups in total. The number of nitrogens with zero attached hydrogens (tertiary/aromatic N) is 2. The molecule has 94 valence electrons. The number of hydrogen-bond donors (Lipinski definition) is 1. The fourth-order valence-electron chi connectivity index (χ4n) is 2.19. The monoisotopic (exact) mass is 255 g/mol. The number of hydrogen-bond acceptors (Lipinski definition) is 4. The molecule has 1 saturated carbocycles. The van der Waals surface area contributed by atoms with E-state index in [9.17, 15) is 0 Å². The molecule has 2 atom stereocenters. The average molecular weight is 256 g/mol. The van der Waals surface area contributed by atoms with Crippen LogP contribution in [0.25, 0.3) is 0 Å². The van der Waals surface area contributed by atoms with Crippen LogP contribution in [0.4, 0.5) is 5.82 Å². The van der Waals surface area contributed by atoms with Gasteiger partial charge in [-0.15, -0.1) is 0 Å². The van der Waals surface area contributed by atoms with Crippen molar-refractivity contribution in [2.24, 2.45) is 0 Å². The van der Waals surface area contributed by atoms with Gasteiger partial charge in [-0.2, -0.15) is 0 Å². The Morgan fingerprint density at radius 3 is 2.94 bits per heavy atom. The Morgan fingerprint density at radius 2 is 2.29 bits per heavy atom. The van der Waals surface area contributed by atoms with Crippen LogP contribution in [0.5, 0.6) is 0 Å². The molecule has 0 amide bonds. The highest BCUT2D eigenvalue weighted by molar-refractivity contribution is 6.29. The van der Waals surface area contributed by atoms with E-state index in [4.69, 9.17) is 16.3 Å². The van der Waals surface area contributed by atoms with E-state index >= 15 is 0 Å². The van der Waals surface area contributed by atoms with Crippen molar-refractivity contribution in [3.8, 4) is 0 Å². The summed E-state index contributed by atoms with van der Waals surface area (Å²) < 4.78 is 5.35. The number of aromatic nitrogens is 2. The number of ether oxygens (including phenoxy) is 1. The molecule has 0 aliphatic heterocycles. The second kappa shape index (κ2) is 5.65. The van der Waals surface area contributed by atoms with Gasteiger partial charge < -0.3 is 10.1 Å². The van der Waals surface area contributed by atoms with E-state index in [0.717, 1.165) is 37.3 Å². The van der Waals surface area contributed by atoms with Crippen molar-refractivity contribution in [1.29, 1.82) is 0 Å². The molecule has 0 bridgehead atoms. The predicted molar refractivity (Wildman–Crippen MR) is 68.5 cm³/mol. The third-order valence-electron chi connectivity index (χ3n) is 3.13. The van der Waals surface area contributed by atoms with Crippen molar-refractivity contribution in [2.75, 3.05) is 12.4 Å². The number of aryl methyl sites for hydroxylation is 1. The molecular weight excluding hydrogens is 238 g/mol. The van der Waals surface area contributed by atoms with Crippen molar-refractivity contribution in [3.63, 3.8) is 0 Å².